The SMILES string of the molecule is C=CC1CCCC1[CH2-].[Li+]. The van der Waals surface area contributed by atoms with Crippen molar-refractivity contribution in [1.82, 2.24) is 0 Å². The first-order valence-corrected chi connectivity index (χ1v) is 3.30. The van der Waals surface area contributed by atoms with Gasteiger partial charge in [-0.25, -0.2) is 0 Å². The van der Waals surface area contributed by atoms with Gasteiger partial charge in [-0.15, -0.1) is 6.58 Å². The second-order valence-electron chi connectivity index (χ2n) is 2.59. The average molecular weight is 116 g/mol. The Bertz CT molecular complexity index is 88.6. The third-order valence-corrected chi connectivity index (χ3v) is 2.02. The summed E-state index contributed by atoms with van der Waals surface area (Å²) >= 11 is 0. The van der Waals surface area contributed by atoms with Gasteiger partial charge in [0.2, 0.25) is 0 Å². The molecule has 1 aliphatic rings. The first-order chi connectivity index (χ1) is 3.84. The molecule has 0 nitrogen and oxygen atoms in total. The van der Waals surface area contributed by atoms with Crippen molar-refractivity contribution in [1.29, 1.82) is 0 Å². The zero-order chi connectivity index (χ0) is 5.98. The quantitative estimate of drug-likeness (QED) is 0.244. The normalized spacial score (nSPS) is 33.4. The Morgan fingerprint density at radius 1 is 1.44 bits per heavy atom. The van der Waals surface area contributed by atoms with Gasteiger partial charge >= 0.3 is 18.9 Å². The van der Waals surface area contributed by atoms with E-state index in [1.807, 2.05) is 6.08 Å². The van der Waals surface area contributed by atoms with Crippen LogP contribution in [0.15, 0.2) is 12.7 Å². The van der Waals surface area contributed by atoms with Crippen LogP contribution in [-0.4, -0.2) is 0 Å². The zero-order valence-corrected chi connectivity index (χ0v) is 6.27. The van der Waals surface area contributed by atoms with Crippen molar-refractivity contribution in [3.63, 3.8) is 0 Å². The van der Waals surface area contributed by atoms with Gasteiger partial charge in [0.1, 0.15) is 0 Å². The molecule has 1 fully saturated rings. The van der Waals surface area contributed by atoms with E-state index in [4.69, 9.17) is 0 Å². The van der Waals surface area contributed by atoms with E-state index in [0.717, 1.165) is 5.92 Å². The van der Waals surface area contributed by atoms with E-state index in [0.29, 0.717) is 5.92 Å². The Morgan fingerprint density at radius 2 is 2.11 bits per heavy atom. The monoisotopic (exact) mass is 116 g/mol. The van der Waals surface area contributed by atoms with E-state index in [1.165, 1.54) is 19.3 Å². The molecule has 0 heterocycles. The third-order valence-electron chi connectivity index (χ3n) is 2.02. The molecule has 0 N–H and O–H groups in total. The van der Waals surface area contributed by atoms with Crippen molar-refractivity contribution in [3.05, 3.63) is 19.6 Å². The van der Waals surface area contributed by atoms with Gasteiger partial charge in [0.15, 0.2) is 0 Å². The van der Waals surface area contributed by atoms with Crippen LogP contribution < -0.4 is 18.9 Å². The van der Waals surface area contributed by atoms with Gasteiger partial charge in [0, 0.05) is 0 Å². The summed E-state index contributed by atoms with van der Waals surface area (Å²) < 4.78 is 0. The molecule has 9 heavy (non-hydrogen) atoms. The molecular weight excluding hydrogens is 103 g/mol. The Hall–Kier alpha value is 0.337. The van der Waals surface area contributed by atoms with Crippen LogP contribution in [0.3, 0.4) is 0 Å². The number of hydrogen-bond donors (Lipinski definition) is 0. The number of rotatable bonds is 1. The maximum absolute atomic E-state index is 4.02. The van der Waals surface area contributed by atoms with Crippen LogP contribution in [0.25, 0.3) is 0 Å². The van der Waals surface area contributed by atoms with Crippen LogP contribution >= 0.6 is 0 Å². The molecule has 0 radical (unpaired) electrons. The van der Waals surface area contributed by atoms with Crippen LogP contribution in [0.4, 0.5) is 0 Å². The van der Waals surface area contributed by atoms with Crippen LogP contribution in [0.5, 0.6) is 0 Å². The molecule has 0 bridgehead atoms. The summed E-state index contributed by atoms with van der Waals surface area (Å²) in [6.07, 6.45) is 6.02. The fourth-order valence-electron chi connectivity index (χ4n) is 1.38. The van der Waals surface area contributed by atoms with Crippen molar-refractivity contribution in [2.75, 3.05) is 0 Å². The summed E-state index contributed by atoms with van der Waals surface area (Å²) in [7, 11) is 0. The van der Waals surface area contributed by atoms with E-state index in [2.05, 4.69) is 13.5 Å². The summed E-state index contributed by atoms with van der Waals surface area (Å²) in [5, 5.41) is 0. The summed E-state index contributed by atoms with van der Waals surface area (Å²) in [5.41, 5.74) is 0. The Kier molecular flexibility index (Phi) is 4.36. The van der Waals surface area contributed by atoms with Crippen molar-refractivity contribution < 1.29 is 18.9 Å². The minimum Gasteiger partial charge on any atom is -0.340 e. The van der Waals surface area contributed by atoms with E-state index < -0.39 is 0 Å². The molecule has 0 amide bonds. The minimum absolute atomic E-state index is 0. The molecule has 2 atom stereocenters. The maximum atomic E-state index is 4.02. The van der Waals surface area contributed by atoms with Crippen molar-refractivity contribution in [2.24, 2.45) is 11.8 Å². The van der Waals surface area contributed by atoms with E-state index in [1.54, 1.807) is 0 Å². The van der Waals surface area contributed by atoms with Gasteiger partial charge in [-0.1, -0.05) is 18.9 Å². The average Bonchev–Trinajstić information content (AvgIpc) is 2.14. The van der Waals surface area contributed by atoms with Gasteiger partial charge in [-0.3, -0.25) is 0 Å². The molecule has 0 saturated heterocycles. The summed E-state index contributed by atoms with van der Waals surface area (Å²) in [6, 6.07) is 0. The van der Waals surface area contributed by atoms with Crippen molar-refractivity contribution in [2.45, 2.75) is 19.3 Å². The maximum Gasteiger partial charge on any atom is 1.00 e. The summed E-state index contributed by atoms with van der Waals surface area (Å²) in [6.45, 7) is 7.77. The predicted molar refractivity (Wildman–Crippen MR) is 36.4 cm³/mol. The summed E-state index contributed by atoms with van der Waals surface area (Å²) in [4.78, 5) is 0. The van der Waals surface area contributed by atoms with Gasteiger partial charge in [-0.2, -0.15) is 5.92 Å². The van der Waals surface area contributed by atoms with Gasteiger partial charge < -0.3 is 6.92 Å². The molecule has 1 rings (SSSR count). The van der Waals surface area contributed by atoms with Gasteiger partial charge in [-0.05, 0) is 12.3 Å². The Balaban J connectivity index is 0.000000640. The number of hydrogen-bond acceptors (Lipinski definition) is 0. The molecule has 1 heteroatoms. The standard InChI is InChI=1S/C8H13.Li/c1-3-8-6-4-5-7(8)2;/h3,7-8H,1-2,4-6H2;/q-1;+1. The van der Waals surface area contributed by atoms with Gasteiger partial charge in [0.05, 0.1) is 0 Å². The van der Waals surface area contributed by atoms with E-state index >= 15 is 0 Å². The van der Waals surface area contributed by atoms with E-state index in [9.17, 15) is 0 Å². The van der Waals surface area contributed by atoms with Crippen molar-refractivity contribution in [3.8, 4) is 0 Å². The molecule has 2 unspecified atom stereocenters. The third kappa shape index (κ3) is 2.20. The van der Waals surface area contributed by atoms with E-state index in [-0.39, 0.29) is 18.9 Å². The second kappa shape index (κ2) is 4.20. The predicted octanol–water partition coefficient (Wildman–Crippen LogP) is -0.573. The van der Waals surface area contributed by atoms with Crippen LogP contribution in [0.2, 0.25) is 0 Å². The molecular formula is C8H13Li. The van der Waals surface area contributed by atoms with Crippen molar-refractivity contribution >= 4 is 0 Å². The Labute approximate surface area is 69.9 Å². The zero-order valence-electron chi connectivity index (χ0n) is 6.27. The molecule has 1 saturated carbocycles. The first kappa shape index (κ1) is 9.34. The largest absolute Gasteiger partial charge is 1.00 e. The summed E-state index contributed by atoms with van der Waals surface area (Å²) in [5.74, 6) is 1.38. The fraction of sp³-hybridized carbons (Fsp3) is 0.625. The first-order valence-electron chi connectivity index (χ1n) is 3.30. The molecule has 46 valence electrons. The van der Waals surface area contributed by atoms with Crippen LogP contribution in [0, 0.1) is 18.8 Å². The second-order valence-corrected chi connectivity index (χ2v) is 2.59. The molecule has 0 aromatic carbocycles. The van der Waals surface area contributed by atoms with Gasteiger partial charge in [0.25, 0.3) is 0 Å². The molecule has 0 aromatic heterocycles. The smallest absolute Gasteiger partial charge is 0.340 e. The van der Waals surface area contributed by atoms with Crippen LogP contribution in [0.1, 0.15) is 19.3 Å². The van der Waals surface area contributed by atoms with Crippen LogP contribution in [-0.2, 0) is 0 Å². The molecule has 0 spiro atoms. The fourth-order valence-corrected chi connectivity index (χ4v) is 1.38. The number of allylic oxidation sites excluding steroid dienone is 1. The minimum atomic E-state index is 0. The Morgan fingerprint density at radius 3 is 2.33 bits per heavy atom. The molecule has 0 aliphatic heterocycles. The molecule has 1 aliphatic carbocycles. The topological polar surface area (TPSA) is 0 Å². The molecule has 0 aromatic rings.